The van der Waals surface area contributed by atoms with Gasteiger partial charge in [0.15, 0.2) is 0 Å². The molecule has 11 heavy (non-hydrogen) atoms. The molecule has 0 unspecified atom stereocenters. The summed E-state index contributed by atoms with van der Waals surface area (Å²) in [6, 6.07) is 0. The van der Waals surface area contributed by atoms with Gasteiger partial charge in [0.1, 0.15) is 6.17 Å². The summed E-state index contributed by atoms with van der Waals surface area (Å²) in [4.78, 5) is 10.9. The van der Waals surface area contributed by atoms with Crippen molar-refractivity contribution < 1.29 is 13.9 Å². The average molecular weight is 161 g/mol. The minimum absolute atomic E-state index is 0.291. The zero-order valence-electron chi connectivity index (χ0n) is 6.47. The fourth-order valence-corrected chi connectivity index (χ4v) is 1.24. The van der Waals surface area contributed by atoms with Gasteiger partial charge in [-0.05, 0) is 6.42 Å². The van der Waals surface area contributed by atoms with Gasteiger partial charge < -0.3 is 10.1 Å². The molecule has 0 aromatic rings. The maximum atomic E-state index is 12.7. The van der Waals surface area contributed by atoms with Crippen molar-refractivity contribution in [2.24, 2.45) is 5.92 Å². The van der Waals surface area contributed by atoms with E-state index < -0.39 is 6.17 Å². The molecule has 4 heteroatoms. The molecule has 0 aliphatic carbocycles. The third kappa shape index (κ3) is 2.15. The van der Waals surface area contributed by atoms with E-state index in [-0.39, 0.29) is 11.9 Å². The summed E-state index contributed by atoms with van der Waals surface area (Å²) >= 11 is 0. The van der Waals surface area contributed by atoms with Crippen LogP contribution in [0.1, 0.15) is 6.42 Å². The molecular formula is C7H12FNO2. The molecule has 1 saturated heterocycles. The van der Waals surface area contributed by atoms with Gasteiger partial charge in [0.05, 0.1) is 13.0 Å². The van der Waals surface area contributed by atoms with Crippen LogP contribution < -0.4 is 5.32 Å². The van der Waals surface area contributed by atoms with Crippen molar-refractivity contribution in [1.29, 1.82) is 0 Å². The molecule has 0 radical (unpaired) electrons. The molecule has 0 aromatic carbocycles. The summed E-state index contributed by atoms with van der Waals surface area (Å²) in [6.07, 6.45) is -0.618. The van der Waals surface area contributed by atoms with Crippen LogP contribution in [0.5, 0.6) is 0 Å². The van der Waals surface area contributed by atoms with Gasteiger partial charge >= 0.3 is 5.97 Å². The lowest BCUT2D eigenvalue weighted by molar-refractivity contribution is -0.146. The first-order valence-electron chi connectivity index (χ1n) is 3.66. The average Bonchev–Trinajstić information content (AvgIpc) is 2.03. The highest BCUT2D eigenvalue weighted by Gasteiger charge is 2.27. The van der Waals surface area contributed by atoms with Crippen LogP contribution in [0.4, 0.5) is 4.39 Å². The normalized spacial score (nSPS) is 31.5. The number of rotatable bonds is 1. The maximum absolute atomic E-state index is 12.7. The fraction of sp³-hybridized carbons (Fsp3) is 0.857. The molecule has 0 aromatic heterocycles. The Labute approximate surface area is 64.9 Å². The monoisotopic (exact) mass is 161 g/mol. The molecule has 0 amide bonds. The number of alkyl halides is 1. The summed E-state index contributed by atoms with van der Waals surface area (Å²) in [5.41, 5.74) is 0. The standard InChI is InChI=1S/C7H12FNO2/c1-11-7(10)5-2-6(8)4-9-3-5/h5-6,9H,2-4H2,1H3/t5-,6-/m0/s1. The van der Waals surface area contributed by atoms with Crippen LogP contribution in [0.25, 0.3) is 0 Å². The quantitative estimate of drug-likeness (QED) is 0.554. The first kappa shape index (κ1) is 8.46. The first-order valence-corrected chi connectivity index (χ1v) is 3.66. The van der Waals surface area contributed by atoms with Crippen molar-refractivity contribution in [2.75, 3.05) is 20.2 Å². The number of hydrogen-bond donors (Lipinski definition) is 1. The topological polar surface area (TPSA) is 38.3 Å². The van der Waals surface area contributed by atoms with Gasteiger partial charge in [-0.2, -0.15) is 0 Å². The second-order valence-electron chi connectivity index (χ2n) is 2.71. The van der Waals surface area contributed by atoms with E-state index in [0.717, 1.165) is 0 Å². The summed E-state index contributed by atoms with van der Waals surface area (Å²) in [5.74, 6) is -0.622. The highest BCUT2D eigenvalue weighted by Crippen LogP contribution is 2.14. The van der Waals surface area contributed by atoms with Gasteiger partial charge in [0.2, 0.25) is 0 Å². The van der Waals surface area contributed by atoms with E-state index in [9.17, 15) is 9.18 Å². The lowest BCUT2D eigenvalue weighted by Crippen LogP contribution is -2.41. The molecule has 1 fully saturated rings. The van der Waals surface area contributed by atoms with Crippen molar-refractivity contribution in [3.63, 3.8) is 0 Å². The van der Waals surface area contributed by atoms with E-state index in [2.05, 4.69) is 10.1 Å². The fourth-order valence-electron chi connectivity index (χ4n) is 1.24. The predicted molar refractivity (Wildman–Crippen MR) is 37.9 cm³/mol. The van der Waals surface area contributed by atoms with E-state index in [1.165, 1.54) is 7.11 Å². The van der Waals surface area contributed by atoms with Crippen molar-refractivity contribution in [3.05, 3.63) is 0 Å². The predicted octanol–water partition coefficient (Wildman–Crippen LogP) is 0.107. The van der Waals surface area contributed by atoms with E-state index in [0.29, 0.717) is 19.5 Å². The maximum Gasteiger partial charge on any atom is 0.310 e. The van der Waals surface area contributed by atoms with E-state index >= 15 is 0 Å². The largest absolute Gasteiger partial charge is 0.469 e. The number of halogens is 1. The first-order chi connectivity index (χ1) is 5.24. The van der Waals surface area contributed by atoms with Crippen LogP contribution >= 0.6 is 0 Å². The molecule has 1 heterocycles. The number of methoxy groups -OCH3 is 1. The van der Waals surface area contributed by atoms with Crippen LogP contribution in [-0.4, -0.2) is 32.3 Å². The van der Waals surface area contributed by atoms with Crippen molar-refractivity contribution >= 4 is 5.97 Å². The van der Waals surface area contributed by atoms with Gasteiger partial charge in [-0.1, -0.05) is 0 Å². The zero-order chi connectivity index (χ0) is 8.27. The molecule has 64 valence electrons. The second-order valence-corrected chi connectivity index (χ2v) is 2.71. The van der Waals surface area contributed by atoms with Gasteiger partial charge in [-0.25, -0.2) is 4.39 Å². The number of carbonyl (C=O) groups is 1. The number of nitrogens with one attached hydrogen (secondary N) is 1. The van der Waals surface area contributed by atoms with Crippen molar-refractivity contribution in [2.45, 2.75) is 12.6 Å². The van der Waals surface area contributed by atoms with Crippen molar-refractivity contribution in [3.8, 4) is 0 Å². The highest BCUT2D eigenvalue weighted by molar-refractivity contribution is 5.72. The molecule has 2 atom stereocenters. The second kappa shape index (κ2) is 3.67. The Morgan fingerprint density at radius 1 is 1.64 bits per heavy atom. The van der Waals surface area contributed by atoms with Gasteiger partial charge in [0.25, 0.3) is 0 Å². The van der Waals surface area contributed by atoms with Gasteiger partial charge in [-0.15, -0.1) is 0 Å². The Balaban J connectivity index is 2.39. The summed E-state index contributed by atoms with van der Waals surface area (Å²) in [5, 5.41) is 2.82. The molecule has 1 N–H and O–H groups in total. The van der Waals surface area contributed by atoms with Crippen LogP contribution in [0.3, 0.4) is 0 Å². The molecule has 1 aliphatic rings. The van der Waals surface area contributed by atoms with Crippen LogP contribution in [-0.2, 0) is 9.53 Å². The molecular weight excluding hydrogens is 149 g/mol. The Morgan fingerprint density at radius 3 is 2.91 bits per heavy atom. The number of carbonyl (C=O) groups excluding carboxylic acids is 1. The smallest absolute Gasteiger partial charge is 0.310 e. The summed E-state index contributed by atoms with van der Waals surface area (Å²) in [6.45, 7) is 0.889. The molecule has 1 rings (SSSR count). The van der Waals surface area contributed by atoms with Crippen molar-refractivity contribution in [1.82, 2.24) is 5.32 Å². The third-order valence-corrected chi connectivity index (χ3v) is 1.83. The van der Waals surface area contributed by atoms with Gasteiger partial charge in [0, 0.05) is 13.1 Å². The number of hydrogen-bond acceptors (Lipinski definition) is 3. The Morgan fingerprint density at radius 2 is 2.36 bits per heavy atom. The summed E-state index contributed by atoms with van der Waals surface area (Å²) < 4.78 is 17.2. The van der Waals surface area contributed by atoms with E-state index in [4.69, 9.17) is 0 Å². The SMILES string of the molecule is COC(=O)[C@@H]1CNC[C@@H](F)C1. The molecule has 3 nitrogen and oxygen atoms in total. The minimum Gasteiger partial charge on any atom is -0.469 e. The summed E-state index contributed by atoms with van der Waals surface area (Å²) in [7, 11) is 1.32. The van der Waals surface area contributed by atoms with Crippen LogP contribution in [0, 0.1) is 5.92 Å². The molecule has 0 saturated carbocycles. The molecule has 0 bridgehead atoms. The molecule has 1 aliphatic heterocycles. The van der Waals surface area contributed by atoms with Crippen LogP contribution in [0.2, 0.25) is 0 Å². The highest BCUT2D eigenvalue weighted by atomic mass is 19.1. The Hall–Kier alpha value is -0.640. The number of piperidine rings is 1. The third-order valence-electron chi connectivity index (χ3n) is 1.83. The Bertz CT molecular complexity index is 151. The Kier molecular flexibility index (Phi) is 2.82. The molecule has 0 spiro atoms. The lowest BCUT2D eigenvalue weighted by Gasteiger charge is -2.23. The van der Waals surface area contributed by atoms with E-state index in [1.54, 1.807) is 0 Å². The lowest BCUT2D eigenvalue weighted by atomic mass is 9.99. The van der Waals surface area contributed by atoms with E-state index in [1.807, 2.05) is 0 Å². The van der Waals surface area contributed by atoms with Crippen LogP contribution in [0.15, 0.2) is 0 Å². The zero-order valence-corrected chi connectivity index (χ0v) is 6.47. The minimum atomic E-state index is -0.909. The number of esters is 1. The van der Waals surface area contributed by atoms with Gasteiger partial charge in [-0.3, -0.25) is 4.79 Å². The number of ether oxygens (including phenoxy) is 1.